The van der Waals surface area contributed by atoms with Gasteiger partial charge in [-0.2, -0.15) is 0 Å². The van der Waals surface area contributed by atoms with Gasteiger partial charge in [-0.25, -0.2) is 0 Å². The zero-order chi connectivity index (χ0) is 21.5. The Morgan fingerprint density at radius 2 is 2.03 bits per heavy atom. The number of nitrogens with zero attached hydrogens (tertiary/aromatic N) is 2. The maximum atomic E-state index is 13.5. The van der Waals surface area contributed by atoms with Crippen LogP contribution in [-0.2, 0) is 11.8 Å². The Kier molecular flexibility index (Phi) is 5.41. The smallest absolute Gasteiger partial charge is 0.223 e. The summed E-state index contributed by atoms with van der Waals surface area (Å²) in [5, 5.41) is 1.21. The summed E-state index contributed by atoms with van der Waals surface area (Å²) in [4.78, 5) is 15.7. The number of carbonyl (C=O) groups is 1. The molecule has 0 bridgehead atoms. The minimum atomic E-state index is 0.161. The van der Waals surface area contributed by atoms with Crippen LogP contribution >= 0.6 is 0 Å². The second-order valence-electron chi connectivity index (χ2n) is 9.85. The SMILES string of the molecule is CC(CC(=O)N1CCCC2C(C)CCCC21)c1cn(C)c2cccc(-c3ccco3)c12. The molecule has 1 saturated heterocycles. The molecule has 0 N–H and O–H groups in total. The zero-order valence-electron chi connectivity index (χ0n) is 19.0. The normalized spacial score (nSPS) is 24.9. The molecule has 1 aliphatic heterocycles. The first kappa shape index (κ1) is 20.4. The first-order chi connectivity index (χ1) is 15.0. The van der Waals surface area contributed by atoms with E-state index in [4.69, 9.17) is 4.42 Å². The molecule has 1 aromatic carbocycles. The molecule has 5 rings (SSSR count). The molecule has 4 heteroatoms. The largest absolute Gasteiger partial charge is 0.464 e. The van der Waals surface area contributed by atoms with Crippen molar-refractivity contribution >= 4 is 16.8 Å². The Balaban J connectivity index is 1.43. The van der Waals surface area contributed by atoms with Gasteiger partial charge in [0, 0.05) is 48.7 Å². The zero-order valence-corrected chi connectivity index (χ0v) is 19.0. The van der Waals surface area contributed by atoms with Crippen molar-refractivity contribution in [1.29, 1.82) is 0 Å². The summed E-state index contributed by atoms with van der Waals surface area (Å²) in [6.07, 6.45) is 10.7. The third kappa shape index (κ3) is 3.60. The van der Waals surface area contributed by atoms with Gasteiger partial charge in [-0.3, -0.25) is 4.79 Å². The number of carbonyl (C=O) groups excluding carboxylic acids is 1. The maximum absolute atomic E-state index is 13.5. The predicted molar refractivity (Wildman–Crippen MR) is 125 cm³/mol. The minimum Gasteiger partial charge on any atom is -0.464 e. The van der Waals surface area contributed by atoms with E-state index in [0.29, 0.717) is 24.3 Å². The van der Waals surface area contributed by atoms with Gasteiger partial charge in [0.2, 0.25) is 5.91 Å². The number of amides is 1. The molecular formula is C27H34N2O2. The van der Waals surface area contributed by atoms with Gasteiger partial charge < -0.3 is 13.9 Å². The van der Waals surface area contributed by atoms with Crippen LogP contribution in [-0.4, -0.2) is 28.0 Å². The quantitative estimate of drug-likeness (QED) is 0.494. The van der Waals surface area contributed by atoms with Crippen molar-refractivity contribution in [3.05, 3.63) is 48.4 Å². The summed E-state index contributed by atoms with van der Waals surface area (Å²) in [6, 6.07) is 10.8. The number of hydrogen-bond donors (Lipinski definition) is 0. The van der Waals surface area contributed by atoms with Crippen LogP contribution in [0.3, 0.4) is 0 Å². The number of hydrogen-bond acceptors (Lipinski definition) is 2. The lowest BCUT2D eigenvalue weighted by Gasteiger charge is -2.47. The summed E-state index contributed by atoms with van der Waals surface area (Å²) in [5.41, 5.74) is 3.53. The van der Waals surface area contributed by atoms with Gasteiger partial charge in [0.05, 0.1) is 6.26 Å². The van der Waals surface area contributed by atoms with Crippen molar-refractivity contribution in [2.75, 3.05) is 6.54 Å². The van der Waals surface area contributed by atoms with E-state index >= 15 is 0 Å². The topological polar surface area (TPSA) is 38.4 Å². The second kappa shape index (κ2) is 8.22. The first-order valence-corrected chi connectivity index (χ1v) is 12.0. The van der Waals surface area contributed by atoms with E-state index in [9.17, 15) is 4.79 Å². The number of piperidine rings is 1. The van der Waals surface area contributed by atoms with Crippen LogP contribution in [0, 0.1) is 11.8 Å². The molecule has 4 atom stereocenters. The Bertz CT molecular complexity index is 1060. The van der Waals surface area contributed by atoms with Crippen LogP contribution in [0.5, 0.6) is 0 Å². The van der Waals surface area contributed by atoms with Gasteiger partial charge in [-0.05, 0) is 60.8 Å². The van der Waals surface area contributed by atoms with Gasteiger partial charge >= 0.3 is 0 Å². The molecule has 0 radical (unpaired) electrons. The molecule has 164 valence electrons. The average Bonchev–Trinajstić information content (AvgIpc) is 3.42. The number of benzene rings is 1. The molecule has 2 fully saturated rings. The molecule has 31 heavy (non-hydrogen) atoms. The van der Waals surface area contributed by atoms with E-state index in [0.717, 1.165) is 30.2 Å². The van der Waals surface area contributed by atoms with E-state index in [-0.39, 0.29) is 5.92 Å². The van der Waals surface area contributed by atoms with Crippen LogP contribution in [0.1, 0.15) is 63.9 Å². The Morgan fingerprint density at radius 3 is 2.84 bits per heavy atom. The van der Waals surface area contributed by atoms with Crippen molar-refractivity contribution in [2.24, 2.45) is 18.9 Å². The Labute approximate surface area is 185 Å². The highest BCUT2D eigenvalue weighted by atomic mass is 16.3. The molecular weight excluding hydrogens is 384 g/mol. The summed E-state index contributed by atoms with van der Waals surface area (Å²) < 4.78 is 7.91. The minimum absolute atomic E-state index is 0.161. The molecule has 3 heterocycles. The van der Waals surface area contributed by atoms with E-state index < -0.39 is 0 Å². The fourth-order valence-electron chi connectivity index (χ4n) is 6.27. The highest BCUT2D eigenvalue weighted by molar-refractivity contribution is 5.97. The first-order valence-electron chi connectivity index (χ1n) is 12.0. The fraction of sp³-hybridized carbons (Fsp3) is 0.519. The molecule has 2 aromatic heterocycles. The van der Waals surface area contributed by atoms with Crippen molar-refractivity contribution in [1.82, 2.24) is 9.47 Å². The monoisotopic (exact) mass is 418 g/mol. The molecule has 1 saturated carbocycles. The van der Waals surface area contributed by atoms with E-state index in [1.807, 2.05) is 12.1 Å². The van der Waals surface area contributed by atoms with Crippen molar-refractivity contribution in [2.45, 2.75) is 64.3 Å². The number of rotatable bonds is 4. The third-order valence-electron chi connectivity index (χ3n) is 7.88. The van der Waals surface area contributed by atoms with Crippen molar-refractivity contribution in [3.63, 3.8) is 0 Å². The second-order valence-corrected chi connectivity index (χ2v) is 9.85. The van der Waals surface area contributed by atoms with Gasteiger partial charge in [0.1, 0.15) is 5.76 Å². The van der Waals surface area contributed by atoms with Crippen LogP contribution in [0.25, 0.3) is 22.2 Å². The van der Waals surface area contributed by atoms with Gasteiger partial charge in [0.25, 0.3) is 0 Å². The molecule has 1 amide bonds. The van der Waals surface area contributed by atoms with Crippen molar-refractivity contribution < 1.29 is 9.21 Å². The molecule has 0 spiro atoms. The Morgan fingerprint density at radius 1 is 1.16 bits per heavy atom. The number of furan rings is 1. The lowest BCUT2D eigenvalue weighted by Crippen LogP contribution is -2.51. The summed E-state index contributed by atoms with van der Waals surface area (Å²) in [6.45, 7) is 5.53. The summed E-state index contributed by atoms with van der Waals surface area (Å²) in [5.74, 6) is 2.83. The lowest BCUT2D eigenvalue weighted by molar-refractivity contribution is -0.138. The molecule has 1 aliphatic carbocycles. The van der Waals surface area contributed by atoms with Crippen LogP contribution in [0.4, 0.5) is 0 Å². The predicted octanol–water partition coefficient (Wildman–Crippen LogP) is 6.36. The van der Waals surface area contributed by atoms with E-state index in [1.54, 1.807) is 6.26 Å². The highest BCUT2D eigenvalue weighted by Crippen LogP contribution is 2.41. The molecule has 4 unspecified atom stereocenters. The average molecular weight is 419 g/mol. The van der Waals surface area contributed by atoms with Crippen LogP contribution < -0.4 is 0 Å². The molecule has 4 nitrogen and oxygen atoms in total. The molecule has 3 aromatic rings. The number of aromatic nitrogens is 1. The maximum Gasteiger partial charge on any atom is 0.223 e. The van der Waals surface area contributed by atoms with Crippen molar-refractivity contribution in [3.8, 4) is 11.3 Å². The van der Waals surface area contributed by atoms with E-state index in [1.165, 1.54) is 42.1 Å². The number of aryl methyl sites for hydroxylation is 1. The molecule has 2 aliphatic rings. The van der Waals surface area contributed by atoms with Gasteiger partial charge in [-0.1, -0.05) is 38.8 Å². The fourth-order valence-corrected chi connectivity index (χ4v) is 6.27. The van der Waals surface area contributed by atoms with Crippen LogP contribution in [0.2, 0.25) is 0 Å². The number of fused-ring (bicyclic) bond motifs is 2. The standard InChI is InChI=1S/C27H34N2O2/c1-18-8-4-11-23-20(18)10-6-14-29(23)26(30)16-19(2)22-17-28(3)24-12-5-9-21(27(22)24)25-13-7-15-31-25/h5,7,9,12-13,15,17-20,23H,4,6,8,10-11,14,16H2,1-3H3. The van der Waals surface area contributed by atoms with E-state index in [2.05, 4.69) is 54.8 Å². The van der Waals surface area contributed by atoms with Gasteiger partial charge in [-0.15, -0.1) is 0 Å². The summed E-state index contributed by atoms with van der Waals surface area (Å²) in [7, 11) is 2.09. The number of likely N-dealkylation sites (tertiary alicyclic amines) is 1. The third-order valence-corrected chi connectivity index (χ3v) is 7.88. The van der Waals surface area contributed by atoms with Gasteiger partial charge in [0.15, 0.2) is 0 Å². The Hall–Kier alpha value is -2.49. The van der Waals surface area contributed by atoms with Crippen LogP contribution in [0.15, 0.2) is 47.2 Å². The highest BCUT2D eigenvalue weighted by Gasteiger charge is 2.39. The summed E-state index contributed by atoms with van der Waals surface area (Å²) >= 11 is 0. The lowest BCUT2D eigenvalue weighted by atomic mass is 9.72.